The molecule has 1 aromatic rings. The third kappa shape index (κ3) is 2.85. The third-order valence-corrected chi connectivity index (χ3v) is 1.62. The zero-order valence-electron chi connectivity index (χ0n) is 7.24. The maximum Gasteiger partial charge on any atom is 0.255 e. The van der Waals surface area contributed by atoms with E-state index in [0.717, 1.165) is 0 Å². The molecule has 0 fully saturated rings. The van der Waals surface area contributed by atoms with Gasteiger partial charge in [-0.1, -0.05) is 0 Å². The van der Waals surface area contributed by atoms with E-state index in [1.54, 1.807) is 19.2 Å². The largest absolute Gasteiger partial charge is 0.384 e. The van der Waals surface area contributed by atoms with Crippen LogP contribution in [-0.2, 0) is 0 Å². The van der Waals surface area contributed by atoms with E-state index in [2.05, 4.69) is 4.98 Å². The summed E-state index contributed by atoms with van der Waals surface area (Å²) in [7, 11) is 1.58. The van der Waals surface area contributed by atoms with Crippen molar-refractivity contribution in [1.29, 1.82) is 0 Å². The molecule has 5 heteroatoms. The molecule has 0 radical (unpaired) electrons. The van der Waals surface area contributed by atoms with Crippen molar-refractivity contribution in [3.63, 3.8) is 0 Å². The molecule has 0 aliphatic carbocycles. The molecule has 3 nitrogen and oxygen atoms in total. The summed E-state index contributed by atoms with van der Waals surface area (Å²) in [5.41, 5.74) is 5.98. The van der Waals surface area contributed by atoms with Crippen LogP contribution in [0.25, 0.3) is 0 Å². The van der Waals surface area contributed by atoms with Gasteiger partial charge in [-0.2, -0.15) is 0 Å². The van der Waals surface area contributed by atoms with Crippen LogP contribution in [0.15, 0.2) is 18.3 Å². The van der Waals surface area contributed by atoms with E-state index in [1.807, 2.05) is 0 Å². The highest BCUT2D eigenvalue weighted by molar-refractivity contribution is 5.47. The van der Waals surface area contributed by atoms with Gasteiger partial charge in [-0.3, -0.25) is 0 Å². The van der Waals surface area contributed by atoms with E-state index in [4.69, 9.17) is 5.73 Å². The van der Waals surface area contributed by atoms with Crippen molar-refractivity contribution < 1.29 is 8.78 Å². The highest BCUT2D eigenvalue weighted by Crippen LogP contribution is 2.12. The Bertz CT molecular complexity index is 261. The summed E-state index contributed by atoms with van der Waals surface area (Å²) in [6.45, 7) is -0.300. The molecule has 2 N–H and O–H groups in total. The van der Waals surface area contributed by atoms with Gasteiger partial charge in [0, 0.05) is 7.05 Å². The minimum atomic E-state index is -2.34. The number of nitrogens with zero attached hydrogens (tertiary/aromatic N) is 2. The van der Waals surface area contributed by atoms with E-state index < -0.39 is 6.43 Å². The van der Waals surface area contributed by atoms with Gasteiger partial charge in [-0.15, -0.1) is 0 Å². The minimum Gasteiger partial charge on any atom is -0.384 e. The third-order valence-electron chi connectivity index (χ3n) is 1.62. The average Bonchev–Trinajstić information content (AvgIpc) is 2.04. The first-order valence-corrected chi connectivity index (χ1v) is 3.80. The number of hydrogen-bond donors (Lipinski definition) is 1. The van der Waals surface area contributed by atoms with Crippen molar-refractivity contribution in [2.24, 2.45) is 0 Å². The molecule has 0 atom stereocenters. The molecule has 1 rings (SSSR count). The fourth-order valence-electron chi connectivity index (χ4n) is 0.936. The standard InChI is InChI=1S/C8H11F2N3/c1-13(5-7(9)10)6-2-3-8(11)12-4-6/h2-4,7H,5H2,1H3,(H2,11,12). The van der Waals surface area contributed by atoms with Crippen LogP contribution in [0.3, 0.4) is 0 Å². The fourth-order valence-corrected chi connectivity index (χ4v) is 0.936. The van der Waals surface area contributed by atoms with Gasteiger partial charge in [0.25, 0.3) is 6.43 Å². The second-order valence-electron chi connectivity index (χ2n) is 2.71. The summed E-state index contributed by atoms with van der Waals surface area (Å²) in [6, 6.07) is 3.24. The lowest BCUT2D eigenvalue weighted by Gasteiger charge is -2.17. The molecular formula is C8H11F2N3. The lowest BCUT2D eigenvalue weighted by molar-refractivity contribution is 0.156. The van der Waals surface area contributed by atoms with Crippen molar-refractivity contribution >= 4 is 11.5 Å². The lowest BCUT2D eigenvalue weighted by atomic mass is 10.3. The maximum atomic E-state index is 12.0. The van der Waals surface area contributed by atoms with Crippen LogP contribution >= 0.6 is 0 Å². The van der Waals surface area contributed by atoms with E-state index >= 15 is 0 Å². The number of nitrogens with two attached hydrogens (primary N) is 1. The zero-order chi connectivity index (χ0) is 9.84. The number of rotatable bonds is 3. The summed E-state index contributed by atoms with van der Waals surface area (Å²) in [4.78, 5) is 5.23. The van der Waals surface area contributed by atoms with Crippen LogP contribution in [0.4, 0.5) is 20.3 Å². The van der Waals surface area contributed by atoms with Crippen molar-refractivity contribution in [3.05, 3.63) is 18.3 Å². The average molecular weight is 187 g/mol. The molecule has 0 saturated heterocycles. The summed E-state index contributed by atoms with van der Waals surface area (Å²) in [5.74, 6) is 0.384. The van der Waals surface area contributed by atoms with Crippen molar-refractivity contribution in [2.45, 2.75) is 6.43 Å². The molecule has 0 spiro atoms. The van der Waals surface area contributed by atoms with Crippen molar-refractivity contribution in [2.75, 3.05) is 24.2 Å². The predicted molar refractivity (Wildman–Crippen MR) is 47.9 cm³/mol. The first-order chi connectivity index (χ1) is 6.09. The van der Waals surface area contributed by atoms with Gasteiger partial charge < -0.3 is 10.6 Å². The van der Waals surface area contributed by atoms with Crippen molar-refractivity contribution in [1.82, 2.24) is 4.98 Å². The van der Waals surface area contributed by atoms with Gasteiger partial charge >= 0.3 is 0 Å². The van der Waals surface area contributed by atoms with Crippen LogP contribution in [0.1, 0.15) is 0 Å². The normalized spacial score (nSPS) is 10.5. The van der Waals surface area contributed by atoms with Crippen LogP contribution in [0.5, 0.6) is 0 Å². The van der Waals surface area contributed by atoms with E-state index in [-0.39, 0.29) is 6.54 Å². The summed E-state index contributed by atoms with van der Waals surface area (Å²) in [5, 5.41) is 0. The molecular weight excluding hydrogens is 176 g/mol. The minimum absolute atomic E-state index is 0.300. The molecule has 0 aliphatic heterocycles. The Morgan fingerprint density at radius 1 is 1.54 bits per heavy atom. The fraction of sp³-hybridized carbons (Fsp3) is 0.375. The van der Waals surface area contributed by atoms with E-state index in [9.17, 15) is 8.78 Å². The number of halogens is 2. The number of hydrogen-bond acceptors (Lipinski definition) is 3. The Morgan fingerprint density at radius 3 is 2.69 bits per heavy atom. The van der Waals surface area contributed by atoms with Gasteiger partial charge in [-0.05, 0) is 12.1 Å². The SMILES string of the molecule is CN(CC(F)F)c1ccc(N)nc1. The Hall–Kier alpha value is -1.39. The molecule has 13 heavy (non-hydrogen) atoms. The Morgan fingerprint density at radius 2 is 2.23 bits per heavy atom. The Kier molecular flexibility index (Phi) is 3.00. The van der Waals surface area contributed by atoms with Crippen LogP contribution in [0.2, 0.25) is 0 Å². The molecule has 0 aliphatic rings. The molecule has 0 saturated carbocycles. The summed E-state index contributed by atoms with van der Waals surface area (Å²) in [6.07, 6.45) is -0.875. The quantitative estimate of drug-likeness (QED) is 0.777. The number of aromatic nitrogens is 1. The monoisotopic (exact) mass is 187 g/mol. The van der Waals surface area contributed by atoms with Crippen LogP contribution in [-0.4, -0.2) is 25.0 Å². The lowest BCUT2D eigenvalue weighted by Crippen LogP contribution is -2.24. The van der Waals surface area contributed by atoms with Crippen LogP contribution < -0.4 is 10.6 Å². The number of pyridine rings is 1. The maximum absolute atomic E-state index is 12.0. The first-order valence-electron chi connectivity index (χ1n) is 3.80. The highest BCUT2D eigenvalue weighted by atomic mass is 19.3. The van der Waals surface area contributed by atoms with Gasteiger partial charge in [0.1, 0.15) is 5.82 Å². The summed E-state index contributed by atoms with van der Waals surface area (Å²) < 4.78 is 23.9. The predicted octanol–water partition coefficient (Wildman–Crippen LogP) is 1.37. The van der Waals surface area contributed by atoms with Gasteiger partial charge in [-0.25, -0.2) is 13.8 Å². The molecule has 1 aromatic heterocycles. The highest BCUT2D eigenvalue weighted by Gasteiger charge is 2.08. The summed E-state index contributed by atoms with van der Waals surface area (Å²) >= 11 is 0. The molecule has 0 unspecified atom stereocenters. The molecule has 0 bridgehead atoms. The molecule has 0 amide bonds. The van der Waals surface area contributed by atoms with E-state index in [1.165, 1.54) is 11.1 Å². The van der Waals surface area contributed by atoms with Gasteiger partial charge in [0.05, 0.1) is 18.4 Å². The first kappa shape index (κ1) is 9.70. The number of nitrogen functional groups attached to an aromatic ring is 1. The number of anilines is 2. The molecule has 72 valence electrons. The Balaban J connectivity index is 2.66. The second kappa shape index (κ2) is 4.02. The molecule has 0 aromatic carbocycles. The molecule has 1 heterocycles. The van der Waals surface area contributed by atoms with Crippen molar-refractivity contribution in [3.8, 4) is 0 Å². The van der Waals surface area contributed by atoms with Gasteiger partial charge in [0.15, 0.2) is 0 Å². The van der Waals surface area contributed by atoms with Crippen LogP contribution in [0, 0.1) is 0 Å². The second-order valence-corrected chi connectivity index (χ2v) is 2.71. The van der Waals surface area contributed by atoms with Gasteiger partial charge in [0.2, 0.25) is 0 Å². The zero-order valence-corrected chi connectivity index (χ0v) is 7.24. The Labute approximate surface area is 75.2 Å². The number of alkyl halides is 2. The smallest absolute Gasteiger partial charge is 0.255 e. The van der Waals surface area contributed by atoms with E-state index in [0.29, 0.717) is 11.5 Å². The topological polar surface area (TPSA) is 42.1 Å².